The third kappa shape index (κ3) is 4.00. The zero-order valence-electron chi connectivity index (χ0n) is 13.8. The van der Waals surface area contributed by atoms with Crippen LogP contribution >= 0.6 is 0 Å². The first-order valence-corrected chi connectivity index (χ1v) is 7.77. The van der Waals surface area contributed by atoms with E-state index in [2.05, 4.69) is 10.4 Å². The lowest BCUT2D eigenvalue weighted by atomic mass is 10.1. The molecule has 0 fully saturated rings. The highest BCUT2D eigenvalue weighted by molar-refractivity contribution is 6.00. The Balaban J connectivity index is 1.74. The first-order chi connectivity index (χ1) is 13.0. The van der Waals surface area contributed by atoms with Crippen molar-refractivity contribution in [3.8, 4) is 0 Å². The van der Waals surface area contributed by atoms with Crippen molar-refractivity contribution in [2.45, 2.75) is 13.1 Å². The number of carbonyl (C=O) groups is 3. The van der Waals surface area contributed by atoms with Gasteiger partial charge in [0.05, 0.1) is 24.2 Å². The molecule has 138 valence electrons. The van der Waals surface area contributed by atoms with Crippen molar-refractivity contribution >= 4 is 28.7 Å². The van der Waals surface area contributed by atoms with Gasteiger partial charge in [0.2, 0.25) is 5.91 Å². The Kier molecular flexibility index (Phi) is 4.97. The maximum absolute atomic E-state index is 12.4. The fourth-order valence-corrected chi connectivity index (χ4v) is 2.42. The standard InChI is InChI=1S/C17H14N4O6/c22-13(19-17(26)18-8-10-4-3-7-27-10)9-21-15(23)12-6-2-1-5-11(12)14(20-21)16(24)25/h1-7H,8-9H2,(H,24,25)(H2,18,19,22,26)/p-1. The van der Waals surface area contributed by atoms with Crippen LogP contribution in [0.25, 0.3) is 10.8 Å². The minimum atomic E-state index is -1.59. The molecule has 0 aliphatic rings. The van der Waals surface area contributed by atoms with Gasteiger partial charge in [-0.15, -0.1) is 0 Å². The highest BCUT2D eigenvalue weighted by atomic mass is 16.4. The molecule has 0 atom stereocenters. The molecule has 0 aliphatic heterocycles. The summed E-state index contributed by atoms with van der Waals surface area (Å²) in [5.74, 6) is -1.94. The topological polar surface area (TPSA) is 146 Å². The number of rotatable bonds is 5. The van der Waals surface area contributed by atoms with Crippen molar-refractivity contribution in [2.75, 3.05) is 0 Å². The van der Waals surface area contributed by atoms with E-state index >= 15 is 0 Å². The molecule has 10 nitrogen and oxygen atoms in total. The summed E-state index contributed by atoms with van der Waals surface area (Å²) in [6, 6.07) is 8.42. The van der Waals surface area contributed by atoms with Crippen LogP contribution in [0.5, 0.6) is 0 Å². The van der Waals surface area contributed by atoms with Gasteiger partial charge in [-0.05, 0) is 18.2 Å². The highest BCUT2D eigenvalue weighted by Crippen LogP contribution is 2.12. The number of hydrogen-bond acceptors (Lipinski definition) is 7. The molecule has 2 N–H and O–H groups in total. The predicted molar refractivity (Wildman–Crippen MR) is 89.4 cm³/mol. The van der Waals surface area contributed by atoms with Gasteiger partial charge in [0.15, 0.2) is 0 Å². The fourth-order valence-electron chi connectivity index (χ4n) is 2.42. The number of imide groups is 1. The molecule has 27 heavy (non-hydrogen) atoms. The number of urea groups is 1. The molecular formula is C17H13N4O6-. The van der Waals surface area contributed by atoms with Crippen molar-refractivity contribution in [1.82, 2.24) is 20.4 Å². The van der Waals surface area contributed by atoms with Crippen LogP contribution in [0, 0.1) is 0 Å². The van der Waals surface area contributed by atoms with E-state index in [-0.39, 0.29) is 17.3 Å². The average Bonchev–Trinajstić information content (AvgIpc) is 3.15. The normalized spacial score (nSPS) is 10.5. The Hall–Kier alpha value is -3.95. The molecule has 1 aromatic carbocycles. The summed E-state index contributed by atoms with van der Waals surface area (Å²) in [6.45, 7) is -0.576. The number of amides is 3. The second-order valence-electron chi connectivity index (χ2n) is 5.45. The van der Waals surface area contributed by atoms with E-state index in [9.17, 15) is 24.3 Å². The third-order valence-corrected chi connectivity index (χ3v) is 3.61. The molecule has 0 aliphatic carbocycles. The van der Waals surface area contributed by atoms with Crippen LogP contribution in [-0.4, -0.2) is 27.7 Å². The second-order valence-corrected chi connectivity index (χ2v) is 5.45. The summed E-state index contributed by atoms with van der Waals surface area (Å²) in [6.07, 6.45) is 1.44. The zero-order valence-corrected chi connectivity index (χ0v) is 13.8. The first-order valence-electron chi connectivity index (χ1n) is 7.77. The van der Waals surface area contributed by atoms with Crippen molar-refractivity contribution in [3.63, 3.8) is 0 Å². The summed E-state index contributed by atoms with van der Waals surface area (Å²) in [5, 5.41) is 19.5. The summed E-state index contributed by atoms with van der Waals surface area (Å²) in [4.78, 5) is 47.4. The summed E-state index contributed by atoms with van der Waals surface area (Å²) >= 11 is 0. The summed E-state index contributed by atoms with van der Waals surface area (Å²) in [7, 11) is 0. The SMILES string of the molecule is O=C(Cn1nc(C(=O)[O-])c2ccccc2c1=O)NC(=O)NCc1ccco1. The molecule has 0 saturated carbocycles. The summed E-state index contributed by atoms with van der Waals surface area (Å²) in [5.41, 5.74) is -1.14. The number of nitrogens with zero attached hydrogens (tertiary/aromatic N) is 2. The Morgan fingerprint density at radius 1 is 1.11 bits per heavy atom. The number of benzene rings is 1. The number of aromatic carboxylic acids is 1. The van der Waals surface area contributed by atoms with Gasteiger partial charge in [-0.1, -0.05) is 18.2 Å². The van der Waals surface area contributed by atoms with E-state index < -0.39 is 35.7 Å². The first kappa shape index (κ1) is 17.9. The molecule has 0 bridgehead atoms. The number of furan rings is 1. The predicted octanol–water partition coefficient (Wildman–Crippen LogP) is -0.621. The van der Waals surface area contributed by atoms with Gasteiger partial charge in [-0.2, -0.15) is 5.10 Å². The smallest absolute Gasteiger partial charge is 0.321 e. The van der Waals surface area contributed by atoms with Crippen LogP contribution in [0.15, 0.2) is 51.9 Å². The van der Waals surface area contributed by atoms with Gasteiger partial charge in [0.25, 0.3) is 5.56 Å². The fraction of sp³-hybridized carbons (Fsp3) is 0.118. The lowest BCUT2D eigenvalue weighted by Crippen LogP contribution is -2.42. The number of nitrogens with one attached hydrogen (secondary N) is 2. The van der Waals surface area contributed by atoms with Crippen LogP contribution in [-0.2, 0) is 17.9 Å². The number of fused-ring (bicyclic) bond motifs is 1. The Labute approximate surface area is 151 Å². The van der Waals surface area contributed by atoms with Crippen molar-refractivity contribution in [3.05, 3.63) is 64.5 Å². The minimum absolute atomic E-state index is 0.0646. The zero-order chi connectivity index (χ0) is 19.4. The largest absolute Gasteiger partial charge is 0.543 e. The monoisotopic (exact) mass is 369 g/mol. The molecule has 10 heteroatoms. The molecule has 3 amide bonds. The van der Waals surface area contributed by atoms with Crippen LogP contribution in [0.4, 0.5) is 4.79 Å². The Bertz CT molecular complexity index is 1070. The van der Waals surface area contributed by atoms with Gasteiger partial charge >= 0.3 is 6.03 Å². The van der Waals surface area contributed by atoms with E-state index in [0.29, 0.717) is 10.4 Å². The van der Waals surface area contributed by atoms with Crippen molar-refractivity contribution in [2.24, 2.45) is 0 Å². The molecule has 3 rings (SSSR count). The number of carbonyl (C=O) groups excluding carboxylic acids is 3. The van der Waals surface area contributed by atoms with Crippen LogP contribution in [0.2, 0.25) is 0 Å². The van der Waals surface area contributed by atoms with Gasteiger partial charge in [-0.3, -0.25) is 14.9 Å². The second kappa shape index (κ2) is 7.52. The van der Waals surface area contributed by atoms with Gasteiger partial charge < -0.3 is 19.6 Å². The molecule has 0 saturated heterocycles. The molecule has 0 radical (unpaired) electrons. The molecular weight excluding hydrogens is 356 g/mol. The minimum Gasteiger partial charge on any atom is -0.543 e. The van der Waals surface area contributed by atoms with Crippen LogP contribution in [0.1, 0.15) is 16.2 Å². The molecule has 0 unspecified atom stereocenters. The van der Waals surface area contributed by atoms with E-state index in [1.807, 2.05) is 5.32 Å². The Morgan fingerprint density at radius 2 is 1.85 bits per heavy atom. The van der Waals surface area contributed by atoms with E-state index in [0.717, 1.165) is 0 Å². The third-order valence-electron chi connectivity index (χ3n) is 3.61. The number of hydrogen-bond donors (Lipinski definition) is 2. The van der Waals surface area contributed by atoms with E-state index in [1.165, 1.54) is 18.4 Å². The molecule has 2 heterocycles. The molecule has 2 aromatic heterocycles. The lowest BCUT2D eigenvalue weighted by molar-refractivity contribution is -0.255. The number of carboxylic acid groups (broad SMARTS) is 1. The van der Waals surface area contributed by atoms with Crippen molar-refractivity contribution in [1.29, 1.82) is 0 Å². The van der Waals surface area contributed by atoms with Crippen LogP contribution < -0.4 is 21.3 Å². The summed E-state index contributed by atoms with van der Waals surface area (Å²) < 4.78 is 5.70. The van der Waals surface area contributed by atoms with E-state index in [4.69, 9.17) is 4.42 Å². The lowest BCUT2D eigenvalue weighted by Gasteiger charge is -2.11. The average molecular weight is 369 g/mol. The molecule has 0 spiro atoms. The number of carboxylic acids is 1. The quantitative estimate of drug-likeness (QED) is 0.609. The van der Waals surface area contributed by atoms with Crippen molar-refractivity contribution < 1.29 is 23.9 Å². The van der Waals surface area contributed by atoms with Gasteiger partial charge in [0.1, 0.15) is 18.0 Å². The van der Waals surface area contributed by atoms with Gasteiger partial charge in [-0.25, -0.2) is 9.48 Å². The maximum Gasteiger partial charge on any atom is 0.321 e. The van der Waals surface area contributed by atoms with E-state index in [1.54, 1.807) is 24.3 Å². The highest BCUT2D eigenvalue weighted by Gasteiger charge is 2.15. The van der Waals surface area contributed by atoms with Crippen LogP contribution in [0.3, 0.4) is 0 Å². The Morgan fingerprint density at radius 3 is 2.52 bits per heavy atom. The molecule has 3 aromatic rings. The van der Waals surface area contributed by atoms with Gasteiger partial charge in [0, 0.05) is 5.39 Å². The maximum atomic E-state index is 12.4. The number of aromatic nitrogens is 2.